The second kappa shape index (κ2) is 5.59. The Bertz CT molecular complexity index is 1170. The molecule has 0 aromatic heterocycles. The molecular formula is C19H15N3O3. The fourth-order valence-electron chi connectivity index (χ4n) is 2.96. The summed E-state index contributed by atoms with van der Waals surface area (Å²) >= 11 is 0. The van der Waals surface area contributed by atoms with Crippen LogP contribution in [0.2, 0.25) is 0 Å². The van der Waals surface area contributed by atoms with Crippen LogP contribution < -0.4 is 16.0 Å². The van der Waals surface area contributed by atoms with Gasteiger partial charge in [0.1, 0.15) is 5.75 Å². The first kappa shape index (κ1) is 15.1. The first-order valence-corrected chi connectivity index (χ1v) is 7.76. The number of ether oxygens (including phenoxy) is 1. The van der Waals surface area contributed by atoms with E-state index in [-0.39, 0.29) is 5.56 Å². The quantitative estimate of drug-likeness (QED) is 0.528. The summed E-state index contributed by atoms with van der Waals surface area (Å²) in [7, 11) is 3.04. The molecule has 0 saturated heterocycles. The molecule has 0 saturated carbocycles. The summed E-state index contributed by atoms with van der Waals surface area (Å²) in [5.41, 5.74) is 1.12. The third-order valence-corrected chi connectivity index (χ3v) is 4.28. The standard InChI is InChI=1S/C19H15N3O3/c1-21-18(23)15-11-12-5-3-4-6-16(12)22(17(15)20-19(21)24)13-7-9-14(25-2)10-8-13/h3-11H,1-2H3. The zero-order valence-electron chi connectivity index (χ0n) is 13.8. The molecular weight excluding hydrogens is 318 g/mol. The summed E-state index contributed by atoms with van der Waals surface area (Å²) in [5, 5.41) is 0.892. The van der Waals surface area contributed by atoms with Gasteiger partial charge in [-0.05, 0) is 41.8 Å². The molecule has 6 nitrogen and oxygen atoms in total. The summed E-state index contributed by atoms with van der Waals surface area (Å²) < 4.78 is 8.06. The van der Waals surface area contributed by atoms with Crippen LogP contribution in [0.1, 0.15) is 0 Å². The van der Waals surface area contributed by atoms with E-state index >= 15 is 0 Å². The van der Waals surface area contributed by atoms with Crippen LogP contribution >= 0.6 is 0 Å². The molecule has 2 aromatic rings. The number of nitrogens with zero attached hydrogens (tertiary/aromatic N) is 3. The van der Waals surface area contributed by atoms with Crippen LogP contribution in [-0.2, 0) is 7.05 Å². The third-order valence-electron chi connectivity index (χ3n) is 4.28. The minimum Gasteiger partial charge on any atom is -0.497 e. The van der Waals surface area contributed by atoms with Gasteiger partial charge >= 0.3 is 5.69 Å². The molecule has 124 valence electrons. The highest BCUT2D eigenvalue weighted by atomic mass is 16.5. The summed E-state index contributed by atoms with van der Waals surface area (Å²) in [6.07, 6.45) is 0. The van der Waals surface area contributed by atoms with Crippen molar-refractivity contribution in [2.75, 3.05) is 7.11 Å². The molecule has 2 aliphatic rings. The zero-order chi connectivity index (χ0) is 17.6. The maximum atomic E-state index is 12.6. The predicted octanol–water partition coefficient (Wildman–Crippen LogP) is 2.20. The van der Waals surface area contributed by atoms with Crippen LogP contribution in [0.15, 0.2) is 64.2 Å². The number of benzene rings is 2. The van der Waals surface area contributed by atoms with Crippen LogP contribution in [0.3, 0.4) is 0 Å². The van der Waals surface area contributed by atoms with Gasteiger partial charge in [0.2, 0.25) is 0 Å². The van der Waals surface area contributed by atoms with Crippen molar-refractivity contribution in [2.24, 2.45) is 7.05 Å². The average Bonchev–Trinajstić information content (AvgIpc) is 2.65. The van der Waals surface area contributed by atoms with Gasteiger partial charge in [0.15, 0.2) is 5.82 Å². The van der Waals surface area contributed by atoms with Crippen molar-refractivity contribution in [3.05, 3.63) is 75.4 Å². The maximum Gasteiger partial charge on any atom is 0.352 e. The maximum absolute atomic E-state index is 12.6. The first-order chi connectivity index (χ1) is 12.1. The van der Waals surface area contributed by atoms with Crippen molar-refractivity contribution in [3.8, 4) is 22.8 Å². The number of aromatic nitrogens is 3. The molecule has 0 radical (unpaired) electrons. The fraction of sp³-hybridized carbons (Fsp3) is 0.105. The molecule has 0 spiro atoms. The lowest BCUT2D eigenvalue weighted by Crippen LogP contribution is -2.35. The lowest BCUT2D eigenvalue weighted by Gasteiger charge is -2.18. The Morgan fingerprint density at radius 1 is 1.00 bits per heavy atom. The van der Waals surface area contributed by atoms with Gasteiger partial charge in [-0.3, -0.25) is 13.9 Å². The SMILES string of the molecule is COc1ccc(-n2c3nc(=O)n(C)c(=O)c-3cc3ccccc32)cc1. The minimum atomic E-state index is -0.574. The number of hydrogen-bond donors (Lipinski definition) is 0. The molecule has 0 amide bonds. The van der Waals surface area contributed by atoms with Crippen molar-refractivity contribution in [3.63, 3.8) is 0 Å². The third kappa shape index (κ3) is 2.30. The molecule has 0 atom stereocenters. The van der Waals surface area contributed by atoms with Crippen molar-refractivity contribution < 1.29 is 4.74 Å². The Balaban J connectivity index is 2.18. The lowest BCUT2D eigenvalue weighted by molar-refractivity contribution is 0.415. The van der Waals surface area contributed by atoms with E-state index in [1.165, 1.54) is 7.05 Å². The van der Waals surface area contributed by atoms with Crippen LogP contribution in [0.25, 0.3) is 28.0 Å². The Labute approximate surface area is 142 Å². The minimum absolute atomic E-state index is 0.344. The molecule has 0 bridgehead atoms. The van der Waals surface area contributed by atoms with Gasteiger partial charge in [0.25, 0.3) is 5.56 Å². The number of rotatable bonds is 2. The van der Waals surface area contributed by atoms with E-state index in [1.54, 1.807) is 13.2 Å². The van der Waals surface area contributed by atoms with Gasteiger partial charge in [0.05, 0.1) is 18.2 Å². The Hall–Kier alpha value is -3.41. The van der Waals surface area contributed by atoms with E-state index in [0.717, 1.165) is 26.9 Å². The van der Waals surface area contributed by atoms with Crippen molar-refractivity contribution in [2.45, 2.75) is 0 Å². The van der Waals surface area contributed by atoms with Gasteiger partial charge in [-0.1, -0.05) is 18.2 Å². The van der Waals surface area contributed by atoms with Crippen LogP contribution in [0, 0.1) is 0 Å². The Morgan fingerprint density at radius 3 is 2.44 bits per heavy atom. The van der Waals surface area contributed by atoms with Crippen molar-refractivity contribution >= 4 is 10.9 Å². The second-order valence-corrected chi connectivity index (χ2v) is 5.73. The number of fused-ring (bicyclic) bond motifs is 2. The van der Waals surface area contributed by atoms with Crippen molar-refractivity contribution in [1.82, 2.24) is 14.1 Å². The van der Waals surface area contributed by atoms with Crippen LogP contribution in [-0.4, -0.2) is 21.2 Å². The predicted molar refractivity (Wildman–Crippen MR) is 95.8 cm³/mol. The van der Waals surface area contributed by atoms with Gasteiger partial charge in [-0.15, -0.1) is 0 Å². The highest BCUT2D eigenvalue weighted by Gasteiger charge is 2.19. The summed E-state index contributed by atoms with van der Waals surface area (Å²) in [4.78, 5) is 28.8. The van der Waals surface area contributed by atoms with Gasteiger partial charge in [-0.2, -0.15) is 4.98 Å². The number of hydrogen-bond acceptors (Lipinski definition) is 4. The summed E-state index contributed by atoms with van der Waals surface area (Å²) in [6, 6.07) is 16.9. The summed E-state index contributed by atoms with van der Waals surface area (Å²) in [6.45, 7) is 0. The molecule has 2 heterocycles. The molecule has 0 N–H and O–H groups in total. The van der Waals surface area contributed by atoms with E-state index in [0.29, 0.717) is 11.4 Å². The molecule has 0 unspecified atom stereocenters. The van der Waals surface area contributed by atoms with Gasteiger partial charge < -0.3 is 4.74 Å². The van der Waals surface area contributed by atoms with Gasteiger partial charge in [0, 0.05) is 12.7 Å². The zero-order valence-corrected chi connectivity index (χ0v) is 13.8. The molecule has 4 rings (SSSR count). The second-order valence-electron chi connectivity index (χ2n) is 5.73. The fourth-order valence-corrected chi connectivity index (χ4v) is 2.96. The summed E-state index contributed by atoms with van der Waals surface area (Å²) in [5.74, 6) is 1.07. The smallest absolute Gasteiger partial charge is 0.352 e. The number of pyridine rings is 1. The van der Waals surface area contributed by atoms with E-state index in [2.05, 4.69) is 4.98 Å². The van der Waals surface area contributed by atoms with Gasteiger partial charge in [-0.25, -0.2) is 4.79 Å². The molecule has 0 aliphatic carbocycles. The highest BCUT2D eigenvalue weighted by molar-refractivity contribution is 5.87. The number of para-hydroxylation sites is 1. The van der Waals surface area contributed by atoms with E-state index in [1.807, 2.05) is 53.1 Å². The first-order valence-electron chi connectivity index (χ1n) is 7.76. The average molecular weight is 333 g/mol. The molecule has 2 aromatic carbocycles. The Morgan fingerprint density at radius 2 is 1.72 bits per heavy atom. The monoisotopic (exact) mass is 333 g/mol. The topological polar surface area (TPSA) is 66.1 Å². The van der Waals surface area contributed by atoms with E-state index < -0.39 is 5.69 Å². The van der Waals surface area contributed by atoms with Crippen LogP contribution in [0.5, 0.6) is 5.75 Å². The lowest BCUT2D eigenvalue weighted by atomic mass is 10.1. The molecule has 2 aliphatic heterocycles. The number of methoxy groups -OCH3 is 1. The highest BCUT2D eigenvalue weighted by Crippen LogP contribution is 2.28. The molecule has 6 heteroatoms. The molecule has 0 fully saturated rings. The largest absolute Gasteiger partial charge is 0.497 e. The molecule has 25 heavy (non-hydrogen) atoms. The Kier molecular flexibility index (Phi) is 3.39. The van der Waals surface area contributed by atoms with Crippen LogP contribution in [0.4, 0.5) is 0 Å². The van der Waals surface area contributed by atoms with E-state index in [9.17, 15) is 9.59 Å². The van der Waals surface area contributed by atoms with E-state index in [4.69, 9.17) is 4.74 Å². The van der Waals surface area contributed by atoms with Crippen molar-refractivity contribution in [1.29, 1.82) is 0 Å². The normalized spacial score (nSPS) is 11.1.